The largest absolute Gasteiger partial charge is 0.497 e. The summed E-state index contributed by atoms with van der Waals surface area (Å²) in [5.74, 6) is 0.893. The van der Waals surface area contributed by atoms with Gasteiger partial charge in [-0.2, -0.15) is 5.10 Å². The minimum absolute atomic E-state index is 0.102. The number of carbonyl (C=O) groups excluding carboxylic acids is 1. The quantitative estimate of drug-likeness (QED) is 0.756. The van der Waals surface area contributed by atoms with Crippen LogP contribution in [0, 0.1) is 5.92 Å². The van der Waals surface area contributed by atoms with E-state index in [1.165, 1.54) is 19.0 Å². The van der Waals surface area contributed by atoms with E-state index >= 15 is 0 Å². The number of H-pyrrole nitrogens is 1. The van der Waals surface area contributed by atoms with Gasteiger partial charge in [0.25, 0.3) is 5.91 Å². The molecule has 0 radical (unpaired) electrons. The monoisotopic (exact) mass is 444 g/mol. The molecule has 1 aromatic heterocycles. The van der Waals surface area contributed by atoms with E-state index < -0.39 is 14.6 Å². The lowest BCUT2D eigenvalue weighted by Crippen LogP contribution is -2.69. The van der Waals surface area contributed by atoms with Gasteiger partial charge in [0.15, 0.2) is 9.84 Å². The van der Waals surface area contributed by atoms with Crippen LogP contribution in [0.4, 0.5) is 0 Å². The number of ether oxygens (including phenoxy) is 1. The fourth-order valence-electron chi connectivity index (χ4n) is 5.35. The summed E-state index contributed by atoms with van der Waals surface area (Å²) in [7, 11) is -1.60. The molecule has 0 saturated carbocycles. The van der Waals surface area contributed by atoms with Gasteiger partial charge in [-0.3, -0.25) is 9.89 Å². The van der Waals surface area contributed by atoms with Gasteiger partial charge in [0.05, 0.1) is 30.3 Å². The van der Waals surface area contributed by atoms with Crippen LogP contribution in [-0.2, 0) is 9.84 Å². The number of hydrogen-bond acceptors (Lipinski definition) is 6. The minimum Gasteiger partial charge on any atom is -0.497 e. The third-order valence-corrected chi connectivity index (χ3v) is 9.83. The van der Waals surface area contributed by atoms with Crippen molar-refractivity contribution < 1.29 is 17.9 Å². The number of sulfone groups is 1. The van der Waals surface area contributed by atoms with E-state index in [1.807, 2.05) is 24.3 Å². The standard InChI is InChI=1S/C22H28N4O4S/c1-30-18-6-4-16(5-7-18)20-19(12-23-24-20)21(27)26-14-22(15-26)17(8-11-31(22,28)29)13-25-9-2-3-10-25/h4-7,12,17H,2-3,8-11,13-15H2,1H3,(H,23,24). The highest BCUT2D eigenvalue weighted by molar-refractivity contribution is 7.93. The Morgan fingerprint density at radius 3 is 2.61 bits per heavy atom. The summed E-state index contributed by atoms with van der Waals surface area (Å²) in [5.41, 5.74) is 1.93. The fourth-order valence-corrected chi connectivity index (χ4v) is 7.75. The van der Waals surface area contributed by atoms with Crippen LogP contribution in [0.25, 0.3) is 11.3 Å². The Hall–Kier alpha value is -2.39. The predicted molar refractivity (Wildman–Crippen MR) is 117 cm³/mol. The molecule has 1 aromatic carbocycles. The number of amides is 1. The fraction of sp³-hybridized carbons (Fsp3) is 0.545. The van der Waals surface area contributed by atoms with Crippen LogP contribution < -0.4 is 4.74 Å². The van der Waals surface area contributed by atoms with Crippen molar-refractivity contribution in [3.8, 4) is 17.0 Å². The van der Waals surface area contributed by atoms with Gasteiger partial charge in [-0.05, 0) is 62.5 Å². The van der Waals surface area contributed by atoms with Gasteiger partial charge in [-0.1, -0.05) is 0 Å². The number of aromatic amines is 1. The molecule has 4 heterocycles. The van der Waals surface area contributed by atoms with Gasteiger partial charge >= 0.3 is 0 Å². The first-order valence-corrected chi connectivity index (χ1v) is 12.5. The van der Waals surface area contributed by atoms with Crippen LogP contribution in [0.3, 0.4) is 0 Å². The van der Waals surface area contributed by atoms with E-state index in [4.69, 9.17) is 4.74 Å². The highest BCUT2D eigenvalue weighted by Crippen LogP contribution is 2.46. The van der Waals surface area contributed by atoms with Gasteiger partial charge in [-0.15, -0.1) is 0 Å². The molecule has 3 saturated heterocycles. The van der Waals surface area contributed by atoms with Crippen molar-refractivity contribution in [1.82, 2.24) is 20.0 Å². The summed E-state index contributed by atoms with van der Waals surface area (Å²) in [6.07, 6.45) is 4.60. The van der Waals surface area contributed by atoms with Crippen LogP contribution in [0.2, 0.25) is 0 Å². The Balaban J connectivity index is 1.34. The average Bonchev–Trinajstić information content (AvgIpc) is 3.47. The molecule has 3 aliphatic heterocycles. The second-order valence-corrected chi connectivity index (χ2v) is 11.4. The lowest BCUT2D eigenvalue weighted by atomic mass is 9.82. The molecular formula is C22H28N4O4S. The highest BCUT2D eigenvalue weighted by Gasteiger charge is 2.62. The maximum absolute atomic E-state index is 13.2. The van der Waals surface area contributed by atoms with Gasteiger partial charge < -0.3 is 14.5 Å². The Morgan fingerprint density at radius 2 is 1.94 bits per heavy atom. The Labute approximate surface area is 182 Å². The van der Waals surface area contributed by atoms with Crippen molar-refractivity contribution in [2.45, 2.75) is 24.0 Å². The van der Waals surface area contributed by atoms with Gasteiger partial charge in [0.2, 0.25) is 0 Å². The zero-order valence-electron chi connectivity index (χ0n) is 17.7. The number of nitrogens with one attached hydrogen (secondary N) is 1. The molecule has 1 unspecified atom stereocenters. The number of likely N-dealkylation sites (tertiary alicyclic amines) is 2. The smallest absolute Gasteiger partial charge is 0.257 e. The molecule has 2 aromatic rings. The van der Waals surface area contributed by atoms with E-state index in [2.05, 4.69) is 15.1 Å². The first-order chi connectivity index (χ1) is 14.9. The van der Waals surface area contributed by atoms with Crippen molar-refractivity contribution in [2.75, 3.05) is 45.6 Å². The maximum atomic E-state index is 13.2. The van der Waals surface area contributed by atoms with Crippen molar-refractivity contribution >= 4 is 15.7 Å². The Kier molecular flexibility index (Phi) is 5.05. The van der Waals surface area contributed by atoms with Gasteiger partial charge in [-0.25, -0.2) is 8.42 Å². The molecule has 166 valence electrons. The Morgan fingerprint density at radius 1 is 1.23 bits per heavy atom. The van der Waals surface area contributed by atoms with E-state index in [0.717, 1.165) is 30.9 Å². The number of carbonyl (C=O) groups is 1. The SMILES string of the molecule is COc1ccc(-c2[nH]ncc2C(=O)N2CC3(C2)C(CN2CCCC2)CCS3(=O)=O)cc1. The summed E-state index contributed by atoms with van der Waals surface area (Å²) >= 11 is 0. The zero-order chi connectivity index (χ0) is 21.6. The molecule has 3 fully saturated rings. The van der Waals surface area contributed by atoms with Gasteiger partial charge in [0.1, 0.15) is 10.5 Å². The predicted octanol–water partition coefficient (Wildman–Crippen LogP) is 1.81. The molecular weight excluding hydrogens is 416 g/mol. The molecule has 1 atom stereocenters. The molecule has 0 aliphatic carbocycles. The number of methoxy groups -OCH3 is 1. The van der Waals surface area contributed by atoms with Crippen molar-refractivity contribution in [1.29, 1.82) is 0 Å². The molecule has 1 N–H and O–H groups in total. The normalized spacial score (nSPS) is 24.4. The third kappa shape index (κ3) is 3.34. The molecule has 0 bridgehead atoms. The van der Waals surface area contributed by atoms with E-state index in [-0.39, 0.29) is 30.7 Å². The summed E-state index contributed by atoms with van der Waals surface area (Å²) in [5, 5.41) is 6.99. The van der Waals surface area contributed by atoms with E-state index in [9.17, 15) is 13.2 Å². The number of rotatable bonds is 5. The van der Waals surface area contributed by atoms with Crippen LogP contribution in [0.5, 0.6) is 5.75 Å². The zero-order valence-corrected chi connectivity index (χ0v) is 18.5. The topological polar surface area (TPSA) is 95.6 Å². The second-order valence-electron chi connectivity index (χ2n) is 8.93. The number of hydrogen-bond donors (Lipinski definition) is 1. The molecule has 1 spiro atoms. The second kappa shape index (κ2) is 7.63. The third-order valence-electron chi connectivity index (χ3n) is 7.23. The number of benzene rings is 1. The summed E-state index contributed by atoms with van der Waals surface area (Å²) in [6, 6.07) is 7.40. The van der Waals surface area contributed by atoms with Crippen LogP contribution >= 0.6 is 0 Å². The number of nitrogens with zero attached hydrogens (tertiary/aromatic N) is 3. The summed E-state index contributed by atoms with van der Waals surface area (Å²) in [4.78, 5) is 17.3. The molecule has 31 heavy (non-hydrogen) atoms. The van der Waals surface area contributed by atoms with Crippen LogP contribution in [0.15, 0.2) is 30.5 Å². The summed E-state index contributed by atoms with van der Waals surface area (Å²) < 4.78 is 30.3. The summed E-state index contributed by atoms with van der Waals surface area (Å²) in [6.45, 7) is 3.48. The number of aromatic nitrogens is 2. The molecule has 8 nitrogen and oxygen atoms in total. The van der Waals surface area contributed by atoms with Crippen molar-refractivity contribution in [3.63, 3.8) is 0 Å². The minimum atomic E-state index is -3.20. The van der Waals surface area contributed by atoms with Crippen LogP contribution in [0.1, 0.15) is 29.6 Å². The average molecular weight is 445 g/mol. The Bertz CT molecular complexity index is 1070. The van der Waals surface area contributed by atoms with Crippen molar-refractivity contribution in [2.24, 2.45) is 5.92 Å². The van der Waals surface area contributed by atoms with Crippen LogP contribution in [-0.4, -0.2) is 84.7 Å². The highest BCUT2D eigenvalue weighted by atomic mass is 32.2. The van der Waals surface area contributed by atoms with Crippen molar-refractivity contribution in [3.05, 3.63) is 36.0 Å². The molecule has 9 heteroatoms. The first kappa shape index (κ1) is 20.5. The van der Waals surface area contributed by atoms with Gasteiger partial charge in [0, 0.05) is 25.2 Å². The lowest BCUT2D eigenvalue weighted by molar-refractivity contribution is 0.0433. The molecule has 5 rings (SSSR count). The molecule has 1 amide bonds. The first-order valence-electron chi connectivity index (χ1n) is 10.9. The lowest BCUT2D eigenvalue weighted by Gasteiger charge is -2.50. The molecule has 3 aliphatic rings. The van der Waals surface area contributed by atoms with E-state index in [0.29, 0.717) is 17.7 Å². The van der Waals surface area contributed by atoms with E-state index in [1.54, 1.807) is 12.0 Å². The maximum Gasteiger partial charge on any atom is 0.257 e.